The summed E-state index contributed by atoms with van der Waals surface area (Å²) in [6.07, 6.45) is 1.87. The minimum atomic E-state index is -0.408. The van der Waals surface area contributed by atoms with Gasteiger partial charge in [0.1, 0.15) is 0 Å². The fraction of sp³-hybridized carbons (Fsp3) is 0.500. The first-order valence-corrected chi connectivity index (χ1v) is 6.67. The van der Waals surface area contributed by atoms with Gasteiger partial charge in [0, 0.05) is 39.4 Å². The predicted molar refractivity (Wildman–Crippen MR) is 76.8 cm³/mol. The number of carbonyl (C=O) groups excluding carboxylic acids is 2. The number of aromatic nitrogens is 1. The van der Waals surface area contributed by atoms with Crippen LogP contribution >= 0.6 is 0 Å². The van der Waals surface area contributed by atoms with Crippen molar-refractivity contribution in [1.29, 1.82) is 0 Å². The molecule has 0 spiro atoms. The van der Waals surface area contributed by atoms with Crippen molar-refractivity contribution in [3.05, 3.63) is 29.6 Å². The maximum Gasteiger partial charge on any atom is 0.339 e. The number of nitrogens with one attached hydrogen (secondary N) is 2. The predicted octanol–water partition coefficient (Wildman–Crippen LogP) is 0.111. The van der Waals surface area contributed by atoms with Crippen molar-refractivity contribution in [2.24, 2.45) is 0 Å². The molecule has 116 valence electrons. The zero-order chi connectivity index (χ0) is 15.5. The van der Waals surface area contributed by atoms with Crippen molar-refractivity contribution in [2.75, 3.05) is 33.9 Å². The largest absolute Gasteiger partial charge is 0.465 e. The van der Waals surface area contributed by atoms with Crippen LogP contribution < -0.4 is 10.6 Å². The van der Waals surface area contributed by atoms with Gasteiger partial charge < -0.3 is 20.1 Å². The lowest BCUT2D eigenvalue weighted by molar-refractivity contribution is -0.121. The molecular formula is C14H21N3O4. The average Bonchev–Trinajstić information content (AvgIpc) is 2.51. The van der Waals surface area contributed by atoms with Crippen LogP contribution in [0.15, 0.2) is 18.3 Å². The Labute approximate surface area is 124 Å². The second kappa shape index (κ2) is 9.84. The summed E-state index contributed by atoms with van der Waals surface area (Å²) < 4.78 is 9.43. The lowest BCUT2D eigenvalue weighted by Gasteiger charge is -2.06. The van der Waals surface area contributed by atoms with Gasteiger partial charge in [-0.05, 0) is 12.1 Å². The molecule has 0 bridgehead atoms. The van der Waals surface area contributed by atoms with Gasteiger partial charge in [-0.2, -0.15) is 0 Å². The van der Waals surface area contributed by atoms with Crippen molar-refractivity contribution in [3.63, 3.8) is 0 Å². The molecule has 0 aliphatic carbocycles. The van der Waals surface area contributed by atoms with E-state index in [4.69, 9.17) is 4.74 Å². The van der Waals surface area contributed by atoms with Crippen molar-refractivity contribution in [1.82, 2.24) is 15.6 Å². The minimum absolute atomic E-state index is 0.0199. The fourth-order valence-electron chi connectivity index (χ4n) is 1.57. The number of methoxy groups -OCH3 is 2. The third kappa shape index (κ3) is 6.82. The van der Waals surface area contributed by atoms with Crippen LogP contribution in [0.1, 0.15) is 22.5 Å². The Bertz CT molecular complexity index is 448. The van der Waals surface area contributed by atoms with E-state index in [-0.39, 0.29) is 5.91 Å². The van der Waals surface area contributed by atoms with Crippen molar-refractivity contribution in [3.8, 4) is 0 Å². The first-order chi connectivity index (χ1) is 10.2. The topological polar surface area (TPSA) is 89.6 Å². The zero-order valence-electron chi connectivity index (χ0n) is 12.3. The maximum atomic E-state index is 11.4. The number of hydrogen-bond acceptors (Lipinski definition) is 6. The van der Waals surface area contributed by atoms with Crippen molar-refractivity contribution in [2.45, 2.75) is 13.0 Å². The molecule has 1 amide bonds. The Balaban J connectivity index is 2.20. The normalized spacial score (nSPS) is 10.2. The molecule has 1 heterocycles. The molecule has 1 aromatic heterocycles. The van der Waals surface area contributed by atoms with Crippen LogP contribution in [0, 0.1) is 0 Å². The van der Waals surface area contributed by atoms with Crippen LogP contribution in [0.25, 0.3) is 0 Å². The van der Waals surface area contributed by atoms with Gasteiger partial charge in [-0.1, -0.05) is 0 Å². The third-order valence-electron chi connectivity index (χ3n) is 2.71. The van der Waals surface area contributed by atoms with Gasteiger partial charge in [0.15, 0.2) is 0 Å². The Morgan fingerprint density at radius 3 is 2.67 bits per heavy atom. The van der Waals surface area contributed by atoms with E-state index in [1.807, 2.05) is 0 Å². The Kier molecular flexibility index (Phi) is 8.00. The molecular weight excluding hydrogens is 274 g/mol. The summed E-state index contributed by atoms with van der Waals surface area (Å²) in [4.78, 5) is 26.8. The molecule has 7 nitrogen and oxygen atoms in total. The number of hydrogen-bond donors (Lipinski definition) is 2. The van der Waals surface area contributed by atoms with Gasteiger partial charge >= 0.3 is 5.97 Å². The summed E-state index contributed by atoms with van der Waals surface area (Å²) in [5, 5.41) is 5.85. The highest BCUT2D eigenvalue weighted by Crippen LogP contribution is 2.01. The number of esters is 1. The third-order valence-corrected chi connectivity index (χ3v) is 2.71. The van der Waals surface area contributed by atoms with E-state index in [2.05, 4.69) is 20.4 Å². The SMILES string of the molecule is COCCNC(=O)CCNCc1ccc(C(=O)OC)cn1. The molecule has 21 heavy (non-hydrogen) atoms. The number of nitrogens with zero attached hydrogens (tertiary/aromatic N) is 1. The van der Waals surface area contributed by atoms with E-state index < -0.39 is 5.97 Å². The second-order valence-electron chi connectivity index (χ2n) is 4.30. The summed E-state index contributed by atoms with van der Waals surface area (Å²) in [5.41, 5.74) is 1.21. The summed E-state index contributed by atoms with van der Waals surface area (Å²) in [7, 11) is 2.92. The van der Waals surface area contributed by atoms with Gasteiger partial charge in [-0.25, -0.2) is 4.79 Å². The molecule has 0 saturated carbocycles. The smallest absolute Gasteiger partial charge is 0.339 e. The molecule has 7 heteroatoms. The molecule has 0 saturated heterocycles. The monoisotopic (exact) mass is 295 g/mol. The van der Waals surface area contributed by atoms with Gasteiger partial charge in [-0.15, -0.1) is 0 Å². The molecule has 0 aromatic carbocycles. The van der Waals surface area contributed by atoms with E-state index in [0.29, 0.717) is 38.2 Å². The first-order valence-electron chi connectivity index (χ1n) is 6.67. The van der Waals surface area contributed by atoms with Crippen LogP contribution in [0.3, 0.4) is 0 Å². The van der Waals surface area contributed by atoms with E-state index in [1.54, 1.807) is 19.2 Å². The molecule has 0 aliphatic rings. The van der Waals surface area contributed by atoms with Gasteiger partial charge in [0.2, 0.25) is 5.91 Å². The number of ether oxygens (including phenoxy) is 2. The molecule has 1 aromatic rings. The van der Waals surface area contributed by atoms with Gasteiger partial charge in [-0.3, -0.25) is 9.78 Å². The Morgan fingerprint density at radius 1 is 1.24 bits per heavy atom. The van der Waals surface area contributed by atoms with Crippen LogP contribution in [-0.4, -0.2) is 50.8 Å². The average molecular weight is 295 g/mol. The Morgan fingerprint density at radius 2 is 2.05 bits per heavy atom. The van der Waals surface area contributed by atoms with Gasteiger partial charge in [0.05, 0.1) is 25.0 Å². The molecule has 1 rings (SSSR count). The number of pyridine rings is 1. The highest BCUT2D eigenvalue weighted by molar-refractivity contribution is 5.88. The molecule has 0 radical (unpaired) electrons. The standard InChI is InChI=1S/C14H21N3O4/c1-20-8-7-16-13(18)5-6-15-10-12-4-3-11(9-17-12)14(19)21-2/h3-4,9,15H,5-8,10H2,1-2H3,(H,16,18). The molecule has 0 unspecified atom stereocenters. The second-order valence-corrected chi connectivity index (χ2v) is 4.30. The van der Waals surface area contributed by atoms with E-state index in [0.717, 1.165) is 5.69 Å². The zero-order valence-corrected chi connectivity index (χ0v) is 12.3. The minimum Gasteiger partial charge on any atom is -0.465 e. The van der Waals surface area contributed by atoms with Crippen LogP contribution in [0.4, 0.5) is 0 Å². The first kappa shape index (κ1) is 17.1. The highest BCUT2D eigenvalue weighted by atomic mass is 16.5. The summed E-state index contributed by atoms with van der Waals surface area (Å²) in [6.45, 7) is 2.12. The summed E-state index contributed by atoms with van der Waals surface area (Å²) in [5.74, 6) is -0.428. The Hall–Kier alpha value is -1.99. The number of rotatable bonds is 9. The van der Waals surface area contributed by atoms with Crippen molar-refractivity contribution < 1.29 is 19.1 Å². The van der Waals surface area contributed by atoms with Crippen LogP contribution in [0.2, 0.25) is 0 Å². The molecule has 2 N–H and O–H groups in total. The fourth-order valence-corrected chi connectivity index (χ4v) is 1.57. The number of amides is 1. The van der Waals surface area contributed by atoms with Crippen LogP contribution in [-0.2, 0) is 20.8 Å². The lowest BCUT2D eigenvalue weighted by Crippen LogP contribution is -2.30. The van der Waals surface area contributed by atoms with Crippen molar-refractivity contribution >= 4 is 11.9 Å². The summed E-state index contributed by atoms with van der Waals surface area (Å²) >= 11 is 0. The van der Waals surface area contributed by atoms with E-state index in [1.165, 1.54) is 13.3 Å². The number of carbonyl (C=O) groups is 2. The van der Waals surface area contributed by atoms with E-state index >= 15 is 0 Å². The lowest BCUT2D eigenvalue weighted by atomic mass is 10.2. The van der Waals surface area contributed by atoms with Gasteiger partial charge in [0.25, 0.3) is 0 Å². The van der Waals surface area contributed by atoms with Crippen LogP contribution in [0.5, 0.6) is 0 Å². The molecule has 0 fully saturated rings. The quantitative estimate of drug-likeness (QED) is 0.496. The van der Waals surface area contributed by atoms with E-state index in [9.17, 15) is 9.59 Å². The summed E-state index contributed by atoms with van der Waals surface area (Å²) in [6, 6.07) is 3.41. The highest BCUT2D eigenvalue weighted by Gasteiger charge is 2.05. The maximum absolute atomic E-state index is 11.4. The molecule has 0 atom stereocenters. The molecule has 0 aliphatic heterocycles.